The highest BCUT2D eigenvalue weighted by atomic mass is 32.2. The van der Waals surface area contributed by atoms with Gasteiger partial charge in [-0.05, 0) is 54.8 Å². The first-order chi connectivity index (χ1) is 11.0. The van der Waals surface area contributed by atoms with E-state index >= 15 is 0 Å². The number of sulfonamides is 1. The maximum absolute atomic E-state index is 12.9. The van der Waals surface area contributed by atoms with Gasteiger partial charge in [0.1, 0.15) is 10.4 Å². The van der Waals surface area contributed by atoms with Gasteiger partial charge >= 0.3 is 0 Å². The average Bonchev–Trinajstić information content (AvgIpc) is 3.15. The van der Waals surface area contributed by atoms with Gasteiger partial charge < -0.3 is 4.90 Å². The van der Waals surface area contributed by atoms with E-state index in [9.17, 15) is 8.42 Å². The van der Waals surface area contributed by atoms with Crippen LogP contribution in [0.4, 0.5) is 0 Å². The van der Waals surface area contributed by atoms with Gasteiger partial charge in [-0.15, -0.1) is 0 Å². The maximum Gasteiger partial charge on any atom is 0.245 e. The van der Waals surface area contributed by atoms with Crippen molar-refractivity contribution in [2.75, 3.05) is 33.2 Å². The Morgan fingerprint density at radius 2 is 2.22 bits per heavy atom. The van der Waals surface area contributed by atoms with E-state index in [4.69, 9.17) is 0 Å². The summed E-state index contributed by atoms with van der Waals surface area (Å²) in [5.41, 5.74) is 0.767. The van der Waals surface area contributed by atoms with Crippen molar-refractivity contribution in [2.45, 2.75) is 24.7 Å². The van der Waals surface area contributed by atoms with E-state index < -0.39 is 10.0 Å². The lowest BCUT2D eigenvalue weighted by atomic mass is 10.1. The number of aromatic nitrogens is 2. The summed E-state index contributed by atoms with van der Waals surface area (Å²) < 4.78 is 32.0. The fraction of sp³-hybridized carbons (Fsp3) is 0.600. The summed E-state index contributed by atoms with van der Waals surface area (Å²) in [5, 5.41) is 7.47. The molecule has 0 N–H and O–H groups in total. The Kier molecular flexibility index (Phi) is 4.65. The molecule has 0 radical (unpaired) electrons. The second-order valence-electron chi connectivity index (χ2n) is 6.17. The summed E-state index contributed by atoms with van der Waals surface area (Å²) >= 11 is 0. The van der Waals surface area contributed by atoms with Crippen LogP contribution in [0.3, 0.4) is 0 Å². The lowest BCUT2D eigenvalue weighted by Crippen LogP contribution is -2.32. The van der Waals surface area contributed by atoms with Gasteiger partial charge in [-0.2, -0.15) is 4.31 Å². The first-order valence-corrected chi connectivity index (χ1v) is 9.36. The summed E-state index contributed by atoms with van der Waals surface area (Å²) in [7, 11) is -1.48. The van der Waals surface area contributed by atoms with E-state index in [2.05, 4.69) is 33.8 Å². The third-order valence-electron chi connectivity index (χ3n) is 4.29. The molecule has 8 heteroatoms. The molecular weight excluding hydrogens is 316 g/mol. The zero-order valence-corrected chi connectivity index (χ0v) is 14.3. The van der Waals surface area contributed by atoms with Gasteiger partial charge in [-0.25, -0.2) is 13.0 Å². The topological polar surface area (TPSA) is 79.5 Å². The Morgan fingerprint density at radius 1 is 1.39 bits per heavy atom. The van der Waals surface area contributed by atoms with Crippen LogP contribution in [0.1, 0.15) is 19.8 Å². The molecule has 1 unspecified atom stereocenters. The minimum atomic E-state index is -3.56. The molecule has 1 saturated heterocycles. The summed E-state index contributed by atoms with van der Waals surface area (Å²) in [6.45, 7) is 5.21. The van der Waals surface area contributed by atoms with Gasteiger partial charge in [0.15, 0.2) is 5.52 Å². The summed E-state index contributed by atoms with van der Waals surface area (Å²) in [4.78, 5) is 2.45. The Balaban J connectivity index is 1.78. The zero-order valence-electron chi connectivity index (χ0n) is 13.5. The van der Waals surface area contributed by atoms with Crippen molar-refractivity contribution in [3.05, 3.63) is 18.2 Å². The third kappa shape index (κ3) is 3.24. The van der Waals surface area contributed by atoms with E-state index in [0.717, 1.165) is 25.9 Å². The molecule has 1 aromatic heterocycles. The second-order valence-corrected chi connectivity index (χ2v) is 8.07. The van der Waals surface area contributed by atoms with Gasteiger partial charge in [0.25, 0.3) is 0 Å². The van der Waals surface area contributed by atoms with Crippen molar-refractivity contribution >= 4 is 21.1 Å². The van der Waals surface area contributed by atoms with Crippen LogP contribution in [-0.4, -0.2) is 61.2 Å². The summed E-state index contributed by atoms with van der Waals surface area (Å²) in [5.74, 6) is 0.371. The number of nitrogens with zero attached hydrogens (tertiary/aromatic N) is 4. The number of rotatable bonds is 6. The minimum absolute atomic E-state index is 0.179. The molecule has 1 fully saturated rings. The van der Waals surface area contributed by atoms with Crippen molar-refractivity contribution in [3.8, 4) is 0 Å². The number of hydrogen-bond donors (Lipinski definition) is 0. The molecule has 1 atom stereocenters. The van der Waals surface area contributed by atoms with E-state index in [1.54, 1.807) is 22.5 Å². The van der Waals surface area contributed by atoms with Crippen LogP contribution < -0.4 is 0 Å². The molecule has 0 bridgehead atoms. The molecule has 23 heavy (non-hydrogen) atoms. The van der Waals surface area contributed by atoms with Gasteiger partial charge in [0, 0.05) is 19.6 Å². The molecule has 3 rings (SSSR count). The fourth-order valence-corrected chi connectivity index (χ4v) is 4.87. The quantitative estimate of drug-likeness (QED) is 0.795. The highest BCUT2D eigenvalue weighted by Gasteiger charge is 2.34. The molecule has 0 spiro atoms. The fourth-order valence-electron chi connectivity index (χ4n) is 3.21. The Hall–Kier alpha value is -1.51. The van der Waals surface area contributed by atoms with Gasteiger partial charge in [0.05, 0.1) is 0 Å². The highest BCUT2D eigenvalue weighted by Crippen LogP contribution is 2.28. The van der Waals surface area contributed by atoms with Crippen LogP contribution in [0.2, 0.25) is 0 Å². The Morgan fingerprint density at radius 3 is 3.00 bits per heavy atom. The molecule has 126 valence electrons. The molecular formula is C15H22N4O3S. The zero-order chi connectivity index (χ0) is 16.4. The molecule has 1 aromatic carbocycles. The lowest BCUT2D eigenvalue weighted by Gasteiger charge is -2.21. The van der Waals surface area contributed by atoms with Gasteiger partial charge in [-0.3, -0.25) is 0 Å². The van der Waals surface area contributed by atoms with Crippen LogP contribution in [0.5, 0.6) is 0 Å². The lowest BCUT2D eigenvalue weighted by molar-refractivity contribution is 0.281. The van der Waals surface area contributed by atoms with E-state index in [-0.39, 0.29) is 4.90 Å². The standard InChI is InChI=1S/C15H22N4O3S/c1-3-8-18(2)10-12-7-9-19(11-12)23(20,21)14-6-4-5-13-15(14)17-22-16-13/h4-6,12H,3,7-11H2,1-2H3. The number of hydrogen-bond acceptors (Lipinski definition) is 6. The van der Waals surface area contributed by atoms with Gasteiger partial charge in [0.2, 0.25) is 10.0 Å². The van der Waals surface area contributed by atoms with Crippen molar-refractivity contribution in [2.24, 2.45) is 5.92 Å². The van der Waals surface area contributed by atoms with Crippen LogP contribution in [0.25, 0.3) is 11.0 Å². The molecule has 0 saturated carbocycles. The van der Waals surface area contributed by atoms with Crippen molar-refractivity contribution in [1.82, 2.24) is 19.5 Å². The van der Waals surface area contributed by atoms with E-state index in [0.29, 0.717) is 30.0 Å². The molecule has 0 aliphatic carbocycles. The smallest absolute Gasteiger partial charge is 0.245 e. The Labute approximate surface area is 136 Å². The first-order valence-electron chi connectivity index (χ1n) is 7.92. The number of fused-ring (bicyclic) bond motifs is 1. The normalized spacial score (nSPS) is 19.9. The van der Waals surface area contributed by atoms with E-state index in [1.165, 1.54) is 0 Å². The van der Waals surface area contributed by atoms with Crippen LogP contribution in [0, 0.1) is 5.92 Å². The first kappa shape index (κ1) is 16.4. The summed E-state index contributed by atoms with van der Waals surface area (Å²) in [6, 6.07) is 4.93. The van der Waals surface area contributed by atoms with Crippen LogP contribution in [0.15, 0.2) is 27.7 Å². The Bertz CT molecular complexity index is 774. The van der Waals surface area contributed by atoms with Crippen LogP contribution in [-0.2, 0) is 10.0 Å². The molecule has 2 aromatic rings. The SMILES string of the molecule is CCCN(C)CC1CCN(S(=O)(=O)c2cccc3nonc23)C1. The molecule has 1 aliphatic rings. The third-order valence-corrected chi connectivity index (χ3v) is 6.19. The second kappa shape index (κ2) is 6.54. The largest absolute Gasteiger partial charge is 0.306 e. The minimum Gasteiger partial charge on any atom is -0.306 e. The highest BCUT2D eigenvalue weighted by molar-refractivity contribution is 7.89. The summed E-state index contributed by atoms with van der Waals surface area (Å²) in [6.07, 6.45) is 1.99. The van der Waals surface area contributed by atoms with Crippen molar-refractivity contribution in [1.29, 1.82) is 0 Å². The molecule has 1 aliphatic heterocycles. The predicted octanol–water partition coefficient (Wildman–Crippen LogP) is 1.58. The molecule has 2 heterocycles. The van der Waals surface area contributed by atoms with Gasteiger partial charge in [-0.1, -0.05) is 13.0 Å². The van der Waals surface area contributed by atoms with Crippen molar-refractivity contribution < 1.29 is 13.0 Å². The van der Waals surface area contributed by atoms with Crippen molar-refractivity contribution in [3.63, 3.8) is 0 Å². The van der Waals surface area contributed by atoms with Crippen LogP contribution >= 0.6 is 0 Å². The molecule has 7 nitrogen and oxygen atoms in total. The molecule has 0 amide bonds. The predicted molar refractivity (Wildman–Crippen MR) is 86.5 cm³/mol. The van der Waals surface area contributed by atoms with E-state index in [1.807, 2.05) is 0 Å². The maximum atomic E-state index is 12.9. The monoisotopic (exact) mass is 338 g/mol. The average molecular weight is 338 g/mol. The number of benzene rings is 1.